The van der Waals surface area contributed by atoms with Crippen molar-refractivity contribution in [2.75, 3.05) is 0 Å². The maximum absolute atomic E-state index is 2.36. The molecule has 0 amide bonds. The zero-order chi connectivity index (χ0) is 10.3. The number of unbranched alkanes of at least 4 members (excludes halogenated alkanes) is 1. The Morgan fingerprint density at radius 1 is 1.00 bits per heavy atom. The summed E-state index contributed by atoms with van der Waals surface area (Å²) < 4.78 is 0. The summed E-state index contributed by atoms with van der Waals surface area (Å²) in [7, 11) is 0. The lowest BCUT2D eigenvalue weighted by Gasteiger charge is -2.14. The molecule has 1 atom stereocenters. The van der Waals surface area contributed by atoms with Crippen molar-refractivity contribution in [1.29, 1.82) is 0 Å². The van der Waals surface area contributed by atoms with Gasteiger partial charge in [0.1, 0.15) is 0 Å². The van der Waals surface area contributed by atoms with E-state index in [2.05, 4.69) is 46.8 Å². The first kappa shape index (κ1) is 12.7. The lowest BCUT2D eigenvalue weighted by Crippen LogP contribution is -2.02. The first-order valence-electron chi connectivity index (χ1n) is 5.70. The third kappa shape index (κ3) is 8.08. The highest BCUT2D eigenvalue weighted by atomic mass is 14.1. The van der Waals surface area contributed by atoms with Gasteiger partial charge in [0.05, 0.1) is 0 Å². The smallest absolute Gasteiger partial charge is 0.0290 e. The first-order chi connectivity index (χ1) is 6.04. The molecule has 0 aliphatic heterocycles. The summed E-state index contributed by atoms with van der Waals surface area (Å²) in [5, 5.41) is 0. The van der Waals surface area contributed by atoms with Gasteiger partial charge in [-0.05, 0) is 30.6 Å². The summed E-state index contributed by atoms with van der Waals surface area (Å²) in [5.74, 6) is 2.43. The minimum Gasteiger partial charge on any atom is -0.0883 e. The van der Waals surface area contributed by atoms with Crippen molar-refractivity contribution in [3.8, 4) is 0 Å². The summed E-state index contributed by atoms with van der Waals surface area (Å²) in [6.07, 6.45) is 8.62. The van der Waals surface area contributed by atoms with E-state index in [9.17, 15) is 0 Å². The maximum atomic E-state index is 2.36. The molecule has 0 saturated heterocycles. The van der Waals surface area contributed by atoms with E-state index in [4.69, 9.17) is 0 Å². The van der Waals surface area contributed by atoms with E-state index in [1.165, 1.54) is 19.3 Å². The van der Waals surface area contributed by atoms with Gasteiger partial charge in [0.2, 0.25) is 0 Å². The minimum absolute atomic E-state index is 0.711. The van der Waals surface area contributed by atoms with Crippen molar-refractivity contribution >= 4 is 0 Å². The van der Waals surface area contributed by atoms with Gasteiger partial charge in [-0.3, -0.25) is 0 Å². The summed E-state index contributed by atoms with van der Waals surface area (Å²) in [6, 6.07) is 0. The van der Waals surface area contributed by atoms with Gasteiger partial charge in [-0.1, -0.05) is 53.2 Å². The quantitative estimate of drug-likeness (QED) is 0.414. The van der Waals surface area contributed by atoms with Crippen LogP contribution < -0.4 is 0 Å². The van der Waals surface area contributed by atoms with Crippen LogP contribution in [0.4, 0.5) is 0 Å². The van der Waals surface area contributed by atoms with Crippen LogP contribution in [0.15, 0.2) is 12.2 Å². The van der Waals surface area contributed by atoms with Crippen LogP contribution in [0.1, 0.15) is 53.9 Å². The average Bonchev–Trinajstić information content (AvgIpc) is 2.02. The number of hydrogen-bond donors (Lipinski definition) is 0. The molecule has 0 nitrogen and oxygen atoms in total. The second-order valence-electron chi connectivity index (χ2n) is 4.82. The van der Waals surface area contributed by atoms with Crippen molar-refractivity contribution < 1.29 is 0 Å². The molecule has 0 radical (unpaired) electrons. The van der Waals surface area contributed by atoms with E-state index in [1.54, 1.807) is 0 Å². The summed E-state index contributed by atoms with van der Waals surface area (Å²) in [4.78, 5) is 0. The van der Waals surface area contributed by atoms with Crippen molar-refractivity contribution in [3.63, 3.8) is 0 Å². The molecular weight excluding hydrogens is 156 g/mol. The van der Waals surface area contributed by atoms with Crippen LogP contribution in [0.2, 0.25) is 0 Å². The highest BCUT2D eigenvalue weighted by molar-refractivity contribution is 4.84. The second-order valence-corrected chi connectivity index (χ2v) is 4.82. The van der Waals surface area contributed by atoms with Gasteiger partial charge in [-0.2, -0.15) is 0 Å². The molecule has 0 spiro atoms. The summed E-state index contributed by atoms with van der Waals surface area (Å²) in [5.41, 5.74) is 0. The van der Waals surface area contributed by atoms with Crippen molar-refractivity contribution in [1.82, 2.24) is 0 Å². The van der Waals surface area contributed by atoms with Crippen molar-refractivity contribution in [2.45, 2.75) is 53.9 Å². The molecule has 0 N–H and O–H groups in total. The molecule has 0 unspecified atom stereocenters. The Hall–Kier alpha value is -0.260. The minimum atomic E-state index is 0.711. The molecule has 0 aliphatic rings. The Kier molecular flexibility index (Phi) is 7.03. The van der Waals surface area contributed by atoms with Gasteiger partial charge >= 0.3 is 0 Å². The number of allylic oxidation sites excluding steroid dienone is 2. The van der Waals surface area contributed by atoms with Crippen LogP contribution >= 0.6 is 0 Å². The highest BCUT2D eigenvalue weighted by Crippen LogP contribution is 2.17. The van der Waals surface area contributed by atoms with Crippen LogP contribution in [-0.4, -0.2) is 0 Å². The third-order valence-electron chi connectivity index (χ3n) is 2.69. The molecule has 13 heavy (non-hydrogen) atoms. The van der Waals surface area contributed by atoms with Crippen LogP contribution in [0, 0.1) is 17.8 Å². The number of rotatable bonds is 6. The summed E-state index contributed by atoms with van der Waals surface area (Å²) >= 11 is 0. The highest BCUT2D eigenvalue weighted by Gasteiger charge is 2.04. The Morgan fingerprint density at radius 3 is 2.08 bits per heavy atom. The van der Waals surface area contributed by atoms with Gasteiger partial charge in [0.15, 0.2) is 0 Å². The van der Waals surface area contributed by atoms with E-state index < -0.39 is 0 Å². The van der Waals surface area contributed by atoms with Crippen LogP contribution in [0.25, 0.3) is 0 Å². The van der Waals surface area contributed by atoms with E-state index >= 15 is 0 Å². The van der Waals surface area contributed by atoms with Crippen molar-refractivity contribution in [3.05, 3.63) is 12.2 Å². The fraction of sp³-hybridized carbons (Fsp3) is 0.846. The molecule has 0 fully saturated rings. The molecule has 0 aromatic heterocycles. The van der Waals surface area contributed by atoms with E-state index in [0.717, 1.165) is 11.8 Å². The maximum Gasteiger partial charge on any atom is -0.0290 e. The molecular formula is C13H26. The fourth-order valence-corrected chi connectivity index (χ4v) is 1.26. The molecule has 78 valence electrons. The normalized spacial score (nSPS) is 14.7. The zero-order valence-electron chi connectivity index (χ0n) is 10.0. The zero-order valence-corrected chi connectivity index (χ0v) is 10.0. The molecule has 0 aliphatic carbocycles. The van der Waals surface area contributed by atoms with Crippen LogP contribution in [-0.2, 0) is 0 Å². The standard InChI is InChI=1S/C13H26/c1-11(2)9-7-6-8-10-13(5)12(3)4/h7,9,11-13H,6,8,10H2,1-5H3/b9-7-/t13-/m0/s1. The van der Waals surface area contributed by atoms with Gasteiger partial charge in [0.25, 0.3) is 0 Å². The number of hydrogen-bond acceptors (Lipinski definition) is 0. The Bertz CT molecular complexity index is 131. The Labute approximate surface area is 84.4 Å². The van der Waals surface area contributed by atoms with E-state index in [-0.39, 0.29) is 0 Å². The lowest BCUT2D eigenvalue weighted by atomic mass is 9.92. The van der Waals surface area contributed by atoms with Crippen LogP contribution in [0.3, 0.4) is 0 Å². The SMILES string of the molecule is CC(C)/C=C\CCC[C@H](C)C(C)C. The van der Waals surface area contributed by atoms with Gasteiger partial charge < -0.3 is 0 Å². The van der Waals surface area contributed by atoms with Crippen molar-refractivity contribution in [2.24, 2.45) is 17.8 Å². The fourth-order valence-electron chi connectivity index (χ4n) is 1.26. The molecule has 0 aromatic rings. The Morgan fingerprint density at radius 2 is 1.62 bits per heavy atom. The molecule has 0 bridgehead atoms. The van der Waals surface area contributed by atoms with Gasteiger partial charge in [-0.15, -0.1) is 0 Å². The topological polar surface area (TPSA) is 0 Å². The third-order valence-corrected chi connectivity index (χ3v) is 2.69. The molecule has 0 rings (SSSR count). The largest absolute Gasteiger partial charge is 0.0883 e. The Balaban J connectivity index is 3.35. The first-order valence-corrected chi connectivity index (χ1v) is 5.70. The summed E-state index contributed by atoms with van der Waals surface area (Å²) in [6.45, 7) is 11.4. The average molecular weight is 182 g/mol. The van der Waals surface area contributed by atoms with E-state index in [1.807, 2.05) is 0 Å². The molecule has 0 heteroatoms. The molecule has 0 heterocycles. The predicted octanol–water partition coefficient (Wildman–Crippen LogP) is 4.66. The second kappa shape index (κ2) is 7.17. The molecule has 0 saturated carbocycles. The van der Waals surface area contributed by atoms with E-state index in [0.29, 0.717) is 5.92 Å². The van der Waals surface area contributed by atoms with Crippen LogP contribution in [0.5, 0.6) is 0 Å². The monoisotopic (exact) mass is 182 g/mol. The lowest BCUT2D eigenvalue weighted by molar-refractivity contribution is 0.383. The molecule has 0 aromatic carbocycles. The predicted molar refractivity (Wildman–Crippen MR) is 61.8 cm³/mol. The van der Waals surface area contributed by atoms with Gasteiger partial charge in [0, 0.05) is 0 Å². The van der Waals surface area contributed by atoms with Gasteiger partial charge in [-0.25, -0.2) is 0 Å².